The van der Waals surface area contributed by atoms with E-state index in [-0.39, 0.29) is 0 Å². The molecular formula is C39H31NOSi. The van der Waals surface area contributed by atoms with Crippen LogP contribution in [0.1, 0.15) is 0 Å². The van der Waals surface area contributed by atoms with Gasteiger partial charge >= 0.3 is 0 Å². The second kappa shape index (κ2) is 9.33. The first-order valence-corrected chi connectivity index (χ1v) is 18.1. The molecule has 8 rings (SSSR count). The quantitative estimate of drug-likeness (QED) is 0.197. The fourth-order valence-electron chi connectivity index (χ4n) is 6.48. The molecule has 202 valence electrons. The molecule has 42 heavy (non-hydrogen) atoms. The van der Waals surface area contributed by atoms with Gasteiger partial charge in [-0.25, -0.2) is 0 Å². The van der Waals surface area contributed by atoms with E-state index in [2.05, 4.69) is 158 Å². The van der Waals surface area contributed by atoms with Crippen LogP contribution >= 0.6 is 0 Å². The normalized spacial score (nSPS) is 12.2. The molecular weight excluding hydrogens is 527 g/mol. The molecule has 0 aliphatic rings. The van der Waals surface area contributed by atoms with Gasteiger partial charge in [-0.05, 0) is 57.8 Å². The molecule has 8 aromatic rings. The first kappa shape index (κ1) is 24.9. The zero-order valence-electron chi connectivity index (χ0n) is 24.1. The molecule has 0 aliphatic carbocycles. The Morgan fingerprint density at radius 2 is 0.976 bits per heavy atom. The van der Waals surface area contributed by atoms with Crippen LogP contribution in [0.25, 0.3) is 71.7 Å². The van der Waals surface area contributed by atoms with Crippen molar-refractivity contribution < 1.29 is 4.42 Å². The van der Waals surface area contributed by atoms with Gasteiger partial charge in [0.1, 0.15) is 5.58 Å². The molecule has 0 radical (unpaired) electrons. The predicted octanol–water partition coefficient (Wildman–Crippen LogP) is 10.6. The number of hydrogen-bond acceptors (Lipinski definition) is 1. The first-order chi connectivity index (χ1) is 20.5. The van der Waals surface area contributed by atoms with Gasteiger partial charge in [0.25, 0.3) is 0 Å². The van der Waals surface area contributed by atoms with Gasteiger partial charge in [0.2, 0.25) is 0 Å². The van der Waals surface area contributed by atoms with Crippen molar-refractivity contribution >= 4 is 57.0 Å². The van der Waals surface area contributed by atoms with Crippen molar-refractivity contribution in [3.63, 3.8) is 0 Å². The highest BCUT2D eigenvalue weighted by molar-refractivity contribution is 6.90. The van der Waals surface area contributed by atoms with Gasteiger partial charge in [-0.1, -0.05) is 123 Å². The zero-order valence-corrected chi connectivity index (χ0v) is 25.1. The lowest BCUT2D eigenvalue weighted by molar-refractivity contribution is 0.668. The van der Waals surface area contributed by atoms with E-state index in [9.17, 15) is 0 Å². The molecule has 0 aliphatic heterocycles. The van der Waals surface area contributed by atoms with Crippen molar-refractivity contribution in [2.75, 3.05) is 0 Å². The monoisotopic (exact) mass is 557 g/mol. The van der Waals surface area contributed by atoms with Gasteiger partial charge in [0.15, 0.2) is 5.58 Å². The molecule has 3 heteroatoms. The van der Waals surface area contributed by atoms with Gasteiger partial charge in [-0.2, -0.15) is 0 Å². The standard InChI is InChI=1S/C39H31NOSi/c1-42(2,3)37-19-11-17-31-30-16-10-18-36(38(30)41-39(31)37)40-34-22-20-28(26-12-6-4-7-13-26)24-32(34)33-25-29(21-23-35(33)40)27-14-8-5-9-15-27/h4-25H,1-3H3. The Bertz CT molecular complexity index is 2170. The molecule has 0 atom stereocenters. The van der Waals surface area contributed by atoms with Crippen LogP contribution in [0.2, 0.25) is 19.6 Å². The number of para-hydroxylation sites is 2. The van der Waals surface area contributed by atoms with Crippen molar-refractivity contribution in [3.8, 4) is 27.9 Å². The minimum absolute atomic E-state index is 0.941. The SMILES string of the molecule is C[Si](C)(C)c1cccc2c1oc1c(-n3c4ccc(-c5ccccc5)cc4c4cc(-c5ccccc5)ccc43)cccc12. The van der Waals surface area contributed by atoms with E-state index >= 15 is 0 Å². The third kappa shape index (κ3) is 3.85. The van der Waals surface area contributed by atoms with E-state index in [1.807, 2.05) is 0 Å². The van der Waals surface area contributed by atoms with Crippen LogP contribution in [0.4, 0.5) is 0 Å². The topological polar surface area (TPSA) is 18.1 Å². The van der Waals surface area contributed by atoms with Crippen molar-refractivity contribution in [2.45, 2.75) is 19.6 Å². The van der Waals surface area contributed by atoms with Crippen LogP contribution in [0.15, 0.2) is 138 Å². The van der Waals surface area contributed by atoms with Gasteiger partial charge in [-0.3, -0.25) is 0 Å². The van der Waals surface area contributed by atoms with E-state index in [1.165, 1.54) is 60.0 Å². The molecule has 6 aromatic carbocycles. The largest absolute Gasteiger partial charge is 0.454 e. The van der Waals surface area contributed by atoms with Crippen molar-refractivity contribution in [1.29, 1.82) is 0 Å². The van der Waals surface area contributed by atoms with Crippen LogP contribution in [0.3, 0.4) is 0 Å². The summed E-state index contributed by atoms with van der Waals surface area (Å²) in [4.78, 5) is 0. The maximum absolute atomic E-state index is 6.86. The lowest BCUT2D eigenvalue weighted by Crippen LogP contribution is -2.37. The predicted molar refractivity (Wildman–Crippen MR) is 182 cm³/mol. The molecule has 0 N–H and O–H groups in total. The van der Waals surface area contributed by atoms with Gasteiger partial charge in [0, 0.05) is 21.5 Å². The van der Waals surface area contributed by atoms with Gasteiger partial charge in [0.05, 0.1) is 24.8 Å². The fraction of sp³-hybridized carbons (Fsp3) is 0.0769. The Morgan fingerprint density at radius 3 is 1.52 bits per heavy atom. The Morgan fingerprint density at radius 1 is 0.452 bits per heavy atom. The summed E-state index contributed by atoms with van der Waals surface area (Å²) in [5, 5.41) is 6.20. The van der Waals surface area contributed by atoms with Crippen LogP contribution in [0.5, 0.6) is 0 Å². The van der Waals surface area contributed by atoms with E-state index < -0.39 is 8.07 Å². The lowest BCUT2D eigenvalue weighted by atomic mass is 10.0. The molecule has 0 unspecified atom stereocenters. The second-order valence-electron chi connectivity index (χ2n) is 12.2. The Labute approximate surface area is 246 Å². The Kier molecular flexibility index (Phi) is 5.53. The summed E-state index contributed by atoms with van der Waals surface area (Å²) in [7, 11) is -1.61. The summed E-state index contributed by atoms with van der Waals surface area (Å²) in [6, 6.07) is 48.2. The highest BCUT2D eigenvalue weighted by Gasteiger charge is 2.24. The number of furan rings is 1. The number of hydrogen-bond donors (Lipinski definition) is 0. The second-order valence-corrected chi connectivity index (χ2v) is 17.3. The Hall–Kier alpha value is -4.86. The molecule has 2 nitrogen and oxygen atoms in total. The molecule has 0 fully saturated rings. The number of fused-ring (bicyclic) bond motifs is 6. The highest BCUT2D eigenvalue weighted by atomic mass is 28.3. The highest BCUT2D eigenvalue weighted by Crippen LogP contribution is 2.40. The average molecular weight is 558 g/mol. The molecule has 0 saturated heterocycles. The van der Waals surface area contributed by atoms with Gasteiger partial charge < -0.3 is 8.98 Å². The first-order valence-electron chi connectivity index (χ1n) is 14.6. The summed E-state index contributed by atoms with van der Waals surface area (Å²) >= 11 is 0. The average Bonchev–Trinajstić information content (AvgIpc) is 3.56. The Balaban J connectivity index is 1.46. The van der Waals surface area contributed by atoms with E-state index in [0.717, 1.165) is 16.9 Å². The number of aromatic nitrogens is 1. The van der Waals surface area contributed by atoms with Crippen molar-refractivity contribution in [1.82, 2.24) is 4.57 Å². The lowest BCUT2D eigenvalue weighted by Gasteiger charge is -2.16. The fourth-order valence-corrected chi connectivity index (χ4v) is 7.94. The van der Waals surface area contributed by atoms with Crippen LogP contribution in [0, 0.1) is 0 Å². The van der Waals surface area contributed by atoms with Crippen LogP contribution in [-0.4, -0.2) is 12.6 Å². The molecule has 2 aromatic heterocycles. The van der Waals surface area contributed by atoms with Crippen LogP contribution < -0.4 is 5.19 Å². The molecule has 0 spiro atoms. The maximum atomic E-state index is 6.86. The summed E-state index contributed by atoms with van der Waals surface area (Å²) < 4.78 is 9.26. The van der Waals surface area contributed by atoms with Crippen molar-refractivity contribution in [3.05, 3.63) is 133 Å². The minimum atomic E-state index is -1.61. The molecule has 0 bridgehead atoms. The van der Waals surface area contributed by atoms with Gasteiger partial charge in [-0.15, -0.1) is 0 Å². The molecule has 0 amide bonds. The summed E-state index contributed by atoms with van der Waals surface area (Å²) in [5.41, 5.74) is 10.3. The number of rotatable bonds is 4. The number of nitrogens with zero attached hydrogens (tertiary/aromatic N) is 1. The van der Waals surface area contributed by atoms with E-state index in [4.69, 9.17) is 4.42 Å². The smallest absolute Gasteiger partial charge is 0.159 e. The summed E-state index contributed by atoms with van der Waals surface area (Å²) in [5.74, 6) is 0. The minimum Gasteiger partial charge on any atom is -0.454 e. The summed E-state index contributed by atoms with van der Waals surface area (Å²) in [6.45, 7) is 7.16. The third-order valence-corrected chi connectivity index (χ3v) is 10.5. The van der Waals surface area contributed by atoms with E-state index in [1.54, 1.807) is 0 Å². The van der Waals surface area contributed by atoms with Crippen molar-refractivity contribution in [2.24, 2.45) is 0 Å². The zero-order chi connectivity index (χ0) is 28.4. The third-order valence-electron chi connectivity index (χ3n) is 8.53. The number of benzene rings is 6. The summed E-state index contributed by atoms with van der Waals surface area (Å²) in [6.07, 6.45) is 0. The molecule has 2 heterocycles. The maximum Gasteiger partial charge on any atom is 0.159 e. The molecule has 0 saturated carbocycles. The van der Waals surface area contributed by atoms with E-state index in [0.29, 0.717) is 0 Å². The van der Waals surface area contributed by atoms with Crippen LogP contribution in [-0.2, 0) is 0 Å².